The van der Waals surface area contributed by atoms with Crippen LogP contribution in [-0.4, -0.2) is 28.4 Å². The van der Waals surface area contributed by atoms with Crippen LogP contribution < -0.4 is 29.6 Å². The molecule has 7 heteroatoms. The van der Waals surface area contributed by atoms with Gasteiger partial charge in [-0.25, -0.2) is 4.57 Å². The predicted octanol–water partition coefficient (Wildman–Crippen LogP) is -3.46. The summed E-state index contributed by atoms with van der Waals surface area (Å²) in [5, 5.41) is 0. The smallest absolute Gasteiger partial charge is 0.417 e. The zero-order valence-electron chi connectivity index (χ0n) is 6.02. The first-order valence-corrected chi connectivity index (χ1v) is 3.54. The Bertz CT molecular complexity index is 80.6. The molecule has 0 aliphatic heterocycles. The van der Waals surface area contributed by atoms with Gasteiger partial charge in [-0.1, -0.05) is 6.61 Å². The fraction of sp³-hybridized carbons (Fsp3) is 0.667. The number of ether oxygens (including phenoxy) is 1. The molecule has 10 heavy (non-hydrogen) atoms. The van der Waals surface area contributed by atoms with Gasteiger partial charge >= 0.3 is 37.4 Å². The summed E-state index contributed by atoms with van der Waals surface area (Å²) in [6, 6.07) is 0. The molecule has 0 aliphatic carbocycles. The van der Waals surface area contributed by atoms with Crippen molar-refractivity contribution in [2.75, 3.05) is 13.7 Å². The average Bonchev–Trinajstić information content (AvgIpc) is 1.61. The zero-order chi connectivity index (χ0) is 7.91. The zero-order valence-corrected chi connectivity index (χ0v) is 8.91. The van der Waals surface area contributed by atoms with E-state index in [0.717, 1.165) is 0 Å². The molecule has 0 heterocycles. The Balaban J connectivity index is -0.0000000910. The molecule has 0 aromatic rings. The molecule has 0 saturated carbocycles. The van der Waals surface area contributed by atoms with Crippen LogP contribution >= 0.6 is 7.82 Å². The minimum absolute atomic E-state index is 0. The van der Waals surface area contributed by atoms with Crippen molar-refractivity contribution in [2.24, 2.45) is 0 Å². The van der Waals surface area contributed by atoms with E-state index in [4.69, 9.17) is 19.2 Å². The van der Waals surface area contributed by atoms with E-state index in [1.165, 1.54) is 0 Å². The van der Waals surface area contributed by atoms with E-state index in [1.54, 1.807) is 7.11 Å². The van der Waals surface area contributed by atoms with Crippen molar-refractivity contribution < 1.29 is 53.5 Å². The second kappa shape index (κ2) is 10.1. The minimum Gasteiger partial charge on any atom is -0.417 e. The van der Waals surface area contributed by atoms with Gasteiger partial charge in [0, 0.05) is 7.11 Å². The van der Waals surface area contributed by atoms with Crippen LogP contribution in [-0.2, 0) is 9.30 Å². The van der Waals surface area contributed by atoms with Crippen LogP contribution in [0.4, 0.5) is 0 Å². The van der Waals surface area contributed by atoms with Crippen molar-refractivity contribution in [3.8, 4) is 0 Å². The summed E-state index contributed by atoms with van der Waals surface area (Å²) in [6.07, 6.45) is 0. The third-order valence-corrected chi connectivity index (χ3v) is 0.204. The monoisotopic (exact) mass is 180 g/mol. The number of hydrogen-bond acceptors (Lipinski definition) is 2. The number of rotatable bonds is 1. The Morgan fingerprint density at radius 3 is 1.60 bits per heavy atom. The molecule has 0 rings (SSSR count). The summed E-state index contributed by atoms with van der Waals surface area (Å²) in [4.78, 5) is 21.6. The molecule has 0 unspecified atom stereocenters. The topological polar surface area (TPSA) is 87.0 Å². The second-order valence-corrected chi connectivity index (χ2v) is 2.03. The van der Waals surface area contributed by atoms with Gasteiger partial charge in [-0.15, -0.1) is 0 Å². The Hall–Kier alpha value is 1.07. The van der Waals surface area contributed by atoms with Crippen molar-refractivity contribution in [2.45, 2.75) is 0 Å². The standard InChI is InChI=1S/C3H7O.Na.H3O4P/c1-3-4-2;;1-5(2,3)4/h1,3H2,2H3;;(H3,1,2,3,4)/q-1;+1;. The van der Waals surface area contributed by atoms with Crippen LogP contribution in [0.25, 0.3) is 0 Å². The van der Waals surface area contributed by atoms with Crippen LogP contribution in [0, 0.1) is 6.92 Å². The molecular weight excluding hydrogens is 170 g/mol. The van der Waals surface area contributed by atoms with Gasteiger partial charge in [-0.05, 0) is 0 Å². The SMILES string of the molecule is O=P(O)(O)O.[CH2-]COC.[Na+]. The summed E-state index contributed by atoms with van der Waals surface area (Å²) in [6.45, 7) is 3.95. The fourth-order valence-corrected chi connectivity index (χ4v) is 0. The molecule has 0 fully saturated rings. The van der Waals surface area contributed by atoms with Crippen molar-refractivity contribution in [3.05, 3.63) is 6.92 Å². The van der Waals surface area contributed by atoms with Crippen LogP contribution in [0.2, 0.25) is 0 Å². The molecule has 0 amide bonds. The number of methoxy groups -OCH3 is 1. The van der Waals surface area contributed by atoms with Gasteiger partial charge in [-0.2, -0.15) is 0 Å². The molecule has 0 radical (unpaired) electrons. The van der Waals surface area contributed by atoms with E-state index in [-0.39, 0.29) is 29.6 Å². The molecule has 58 valence electrons. The summed E-state index contributed by atoms with van der Waals surface area (Å²) in [5.74, 6) is 0. The van der Waals surface area contributed by atoms with E-state index in [1.807, 2.05) is 0 Å². The molecule has 3 N–H and O–H groups in total. The third kappa shape index (κ3) is 138. The molecular formula is C3H10NaO5P. The normalized spacial score (nSPS) is 8.90. The van der Waals surface area contributed by atoms with Crippen LogP contribution in [0.5, 0.6) is 0 Å². The molecule has 0 atom stereocenters. The van der Waals surface area contributed by atoms with Gasteiger partial charge in [0.05, 0.1) is 0 Å². The maximum absolute atomic E-state index is 8.88. The van der Waals surface area contributed by atoms with E-state index in [2.05, 4.69) is 11.7 Å². The van der Waals surface area contributed by atoms with Crippen molar-refractivity contribution in [1.82, 2.24) is 0 Å². The summed E-state index contributed by atoms with van der Waals surface area (Å²) in [5.41, 5.74) is 0. The van der Waals surface area contributed by atoms with Gasteiger partial charge in [0.1, 0.15) is 0 Å². The Morgan fingerprint density at radius 1 is 1.50 bits per heavy atom. The number of phosphoric acid groups is 1. The van der Waals surface area contributed by atoms with E-state index >= 15 is 0 Å². The summed E-state index contributed by atoms with van der Waals surface area (Å²) in [7, 11) is -3.02. The molecule has 0 saturated heterocycles. The average molecular weight is 180 g/mol. The van der Waals surface area contributed by atoms with Gasteiger partial charge in [0.25, 0.3) is 0 Å². The Kier molecular flexibility index (Phi) is 17.4. The Morgan fingerprint density at radius 2 is 1.60 bits per heavy atom. The van der Waals surface area contributed by atoms with Gasteiger partial charge in [0.15, 0.2) is 0 Å². The van der Waals surface area contributed by atoms with Crippen LogP contribution in [0.15, 0.2) is 0 Å². The van der Waals surface area contributed by atoms with E-state index in [0.29, 0.717) is 6.61 Å². The van der Waals surface area contributed by atoms with Gasteiger partial charge in [-0.3, -0.25) is 0 Å². The predicted molar refractivity (Wildman–Crippen MR) is 31.5 cm³/mol. The van der Waals surface area contributed by atoms with Crippen molar-refractivity contribution in [1.29, 1.82) is 0 Å². The van der Waals surface area contributed by atoms with Crippen molar-refractivity contribution in [3.63, 3.8) is 0 Å². The first kappa shape index (κ1) is 17.2. The van der Waals surface area contributed by atoms with Gasteiger partial charge < -0.3 is 26.3 Å². The molecule has 0 spiro atoms. The minimum atomic E-state index is -4.64. The molecule has 0 aromatic carbocycles. The largest absolute Gasteiger partial charge is 1.00 e. The second-order valence-electron chi connectivity index (χ2n) is 1.01. The number of hydrogen-bond donors (Lipinski definition) is 3. The molecule has 0 aromatic heterocycles. The van der Waals surface area contributed by atoms with Crippen molar-refractivity contribution >= 4 is 7.82 Å². The van der Waals surface area contributed by atoms with Gasteiger partial charge in [0.2, 0.25) is 0 Å². The first-order valence-electron chi connectivity index (χ1n) is 1.98. The third-order valence-electron chi connectivity index (χ3n) is 0.204. The van der Waals surface area contributed by atoms with E-state index < -0.39 is 7.82 Å². The molecule has 5 nitrogen and oxygen atoms in total. The maximum atomic E-state index is 8.88. The fourth-order valence-electron chi connectivity index (χ4n) is 0. The molecule has 0 aliphatic rings. The van der Waals surface area contributed by atoms with Crippen LogP contribution in [0.3, 0.4) is 0 Å². The Labute approximate surface area is 81.9 Å². The molecule has 0 bridgehead atoms. The quantitative estimate of drug-likeness (QED) is 0.222. The maximum Gasteiger partial charge on any atom is 1.00 e. The first-order chi connectivity index (χ1) is 3.91. The summed E-state index contributed by atoms with van der Waals surface area (Å²) < 4.78 is 13.3. The van der Waals surface area contributed by atoms with Crippen LogP contribution in [0.1, 0.15) is 0 Å². The van der Waals surface area contributed by atoms with E-state index in [9.17, 15) is 0 Å². The summed E-state index contributed by atoms with van der Waals surface area (Å²) >= 11 is 0.